The van der Waals surface area contributed by atoms with Crippen LogP contribution in [0.5, 0.6) is 5.75 Å². The first-order valence-electron chi connectivity index (χ1n) is 7.03. The van der Waals surface area contributed by atoms with Gasteiger partial charge >= 0.3 is 0 Å². The molecule has 2 aliphatic rings. The largest absolute Gasteiger partial charge is 0.484 e. The lowest BCUT2D eigenvalue weighted by Gasteiger charge is -2.17. The summed E-state index contributed by atoms with van der Waals surface area (Å²) >= 11 is 0. The zero-order chi connectivity index (χ0) is 14.8. The van der Waals surface area contributed by atoms with E-state index in [0.717, 1.165) is 5.56 Å². The molecule has 114 valence electrons. The molecule has 6 heteroatoms. The van der Waals surface area contributed by atoms with Crippen LogP contribution in [0, 0.1) is 6.92 Å². The number of hydrogen-bond acceptors (Lipinski definition) is 5. The summed E-state index contributed by atoms with van der Waals surface area (Å²) in [7, 11) is 0. The van der Waals surface area contributed by atoms with E-state index in [2.05, 4.69) is 5.32 Å². The third-order valence-corrected chi connectivity index (χ3v) is 3.76. The van der Waals surface area contributed by atoms with Crippen molar-refractivity contribution in [3.05, 3.63) is 29.8 Å². The van der Waals surface area contributed by atoms with Gasteiger partial charge in [-0.25, -0.2) is 0 Å². The molecule has 0 bridgehead atoms. The Morgan fingerprint density at radius 1 is 1.29 bits per heavy atom. The van der Waals surface area contributed by atoms with Gasteiger partial charge in [0.25, 0.3) is 5.91 Å². The van der Waals surface area contributed by atoms with Crippen LogP contribution in [0.15, 0.2) is 24.3 Å². The zero-order valence-corrected chi connectivity index (χ0v) is 11.8. The van der Waals surface area contributed by atoms with Gasteiger partial charge in [0.1, 0.15) is 24.1 Å². The van der Waals surface area contributed by atoms with Crippen molar-refractivity contribution >= 4 is 5.91 Å². The molecular weight excluding hydrogens is 274 g/mol. The molecule has 0 aliphatic carbocycles. The molecule has 3 rings (SSSR count). The van der Waals surface area contributed by atoms with Gasteiger partial charge in [0.2, 0.25) is 0 Å². The van der Waals surface area contributed by atoms with Crippen LogP contribution in [-0.4, -0.2) is 55.2 Å². The molecule has 2 heterocycles. The highest BCUT2D eigenvalue weighted by atomic mass is 16.6. The number of amides is 1. The lowest BCUT2D eigenvalue weighted by molar-refractivity contribution is -0.124. The summed E-state index contributed by atoms with van der Waals surface area (Å²) in [4.78, 5) is 11.9. The van der Waals surface area contributed by atoms with Crippen LogP contribution in [0.4, 0.5) is 0 Å². The fraction of sp³-hybridized carbons (Fsp3) is 0.533. The number of ether oxygens (including phenoxy) is 3. The molecular formula is C15H19NO5. The standard InChI is InChI=1S/C15H19NO5/c1-9-2-4-10(5-3-9)19-8-13(18)16-11-6-20-15-12(17)7-21-14(11)15/h2-5,11-12,14-15,17H,6-8H2,1H3,(H,16,18)/t11-,12+,14+,15+/m0/s1. The molecule has 2 N–H and O–H groups in total. The minimum atomic E-state index is -0.610. The third kappa shape index (κ3) is 3.18. The second-order valence-corrected chi connectivity index (χ2v) is 5.44. The molecule has 6 nitrogen and oxygen atoms in total. The summed E-state index contributed by atoms with van der Waals surface area (Å²) in [5.74, 6) is 0.429. The second kappa shape index (κ2) is 6.01. The van der Waals surface area contributed by atoms with E-state index in [1.165, 1.54) is 0 Å². The van der Waals surface area contributed by atoms with Crippen LogP contribution in [0.25, 0.3) is 0 Å². The maximum absolute atomic E-state index is 11.9. The Morgan fingerprint density at radius 3 is 2.76 bits per heavy atom. The molecule has 21 heavy (non-hydrogen) atoms. The van der Waals surface area contributed by atoms with Gasteiger partial charge in [-0.05, 0) is 19.1 Å². The first-order chi connectivity index (χ1) is 10.1. The van der Waals surface area contributed by atoms with Crippen molar-refractivity contribution in [2.75, 3.05) is 19.8 Å². The Morgan fingerprint density at radius 2 is 2.00 bits per heavy atom. The van der Waals surface area contributed by atoms with Crippen LogP contribution in [0.1, 0.15) is 5.56 Å². The van der Waals surface area contributed by atoms with E-state index in [-0.39, 0.29) is 37.4 Å². The summed E-state index contributed by atoms with van der Waals surface area (Å²) in [5, 5.41) is 12.5. The topological polar surface area (TPSA) is 77.0 Å². The van der Waals surface area contributed by atoms with Crippen molar-refractivity contribution in [2.45, 2.75) is 31.3 Å². The van der Waals surface area contributed by atoms with E-state index in [9.17, 15) is 9.90 Å². The smallest absolute Gasteiger partial charge is 0.258 e. The van der Waals surface area contributed by atoms with Gasteiger partial charge in [-0.1, -0.05) is 17.7 Å². The fourth-order valence-corrected chi connectivity index (χ4v) is 2.63. The molecule has 0 radical (unpaired) electrons. The number of carbonyl (C=O) groups is 1. The van der Waals surface area contributed by atoms with Crippen molar-refractivity contribution < 1.29 is 24.1 Å². The van der Waals surface area contributed by atoms with Gasteiger partial charge in [0, 0.05) is 0 Å². The number of carbonyl (C=O) groups excluding carboxylic acids is 1. The van der Waals surface area contributed by atoms with E-state index < -0.39 is 6.10 Å². The summed E-state index contributed by atoms with van der Waals surface area (Å²) in [5.41, 5.74) is 1.14. The highest BCUT2D eigenvalue weighted by Gasteiger charge is 2.47. The molecule has 1 aromatic rings. The van der Waals surface area contributed by atoms with Crippen LogP contribution in [0.3, 0.4) is 0 Å². The van der Waals surface area contributed by atoms with Crippen LogP contribution < -0.4 is 10.1 Å². The molecule has 2 fully saturated rings. The van der Waals surface area contributed by atoms with E-state index in [1.807, 2.05) is 31.2 Å². The van der Waals surface area contributed by atoms with Crippen molar-refractivity contribution in [1.29, 1.82) is 0 Å². The van der Waals surface area contributed by atoms with Gasteiger partial charge < -0.3 is 24.6 Å². The van der Waals surface area contributed by atoms with Crippen LogP contribution in [-0.2, 0) is 14.3 Å². The minimum Gasteiger partial charge on any atom is -0.484 e. The average molecular weight is 293 g/mol. The molecule has 2 aliphatic heterocycles. The number of benzene rings is 1. The van der Waals surface area contributed by atoms with E-state index in [4.69, 9.17) is 14.2 Å². The second-order valence-electron chi connectivity index (χ2n) is 5.44. The van der Waals surface area contributed by atoms with Gasteiger partial charge in [-0.2, -0.15) is 0 Å². The van der Waals surface area contributed by atoms with E-state index in [1.54, 1.807) is 0 Å². The molecule has 0 unspecified atom stereocenters. The number of aryl methyl sites for hydroxylation is 1. The van der Waals surface area contributed by atoms with E-state index in [0.29, 0.717) is 12.4 Å². The van der Waals surface area contributed by atoms with Gasteiger partial charge in [-0.3, -0.25) is 4.79 Å². The Hall–Kier alpha value is -1.63. The quantitative estimate of drug-likeness (QED) is 0.818. The summed E-state index contributed by atoms with van der Waals surface area (Å²) in [6, 6.07) is 7.27. The normalized spacial score (nSPS) is 31.0. The highest BCUT2D eigenvalue weighted by molar-refractivity contribution is 5.78. The molecule has 2 saturated heterocycles. The zero-order valence-electron chi connectivity index (χ0n) is 11.8. The number of nitrogens with one attached hydrogen (secondary N) is 1. The number of fused-ring (bicyclic) bond motifs is 1. The minimum absolute atomic E-state index is 0.0561. The average Bonchev–Trinajstić information content (AvgIpc) is 3.03. The molecule has 0 aromatic heterocycles. The maximum atomic E-state index is 11.9. The summed E-state index contributed by atoms with van der Waals surface area (Å²) in [6.45, 7) is 2.53. The first kappa shape index (κ1) is 14.3. The number of hydrogen-bond donors (Lipinski definition) is 2. The lowest BCUT2D eigenvalue weighted by Crippen LogP contribution is -2.45. The first-order valence-corrected chi connectivity index (χ1v) is 7.03. The van der Waals surface area contributed by atoms with Crippen LogP contribution >= 0.6 is 0 Å². The Balaban J connectivity index is 1.47. The maximum Gasteiger partial charge on any atom is 0.258 e. The van der Waals surface area contributed by atoms with Gasteiger partial charge in [0.05, 0.1) is 19.3 Å². The van der Waals surface area contributed by atoms with Gasteiger partial charge in [0.15, 0.2) is 6.61 Å². The number of aliphatic hydroxyl groups is 1. The fourth-order valence-electron chi connectivity index (χ4n) is 2.63. The van der Waals surface area contributed by atoms with Crippen molar-refractivity contribution in [3.8, 4) is 5.75 Å². The van der Waals surface area contributed by atoms with E-state index >= 15 is 0 Å². The highest BCUT2D eigenvalue weighted by Crippen LogP contribution is 2.26. The lowest BCUT2D eigenvalue weighted by atomic mass is 10.1. The Bertz CT molecular complexity index is 503. The van der Waals surface area contributed by atoms with Gasteiger partial charge in [-0.15, -0.1) is 0 Å². The SMILES string of the molecule is Cc1ccc(OCC(=O)N[C@H]2CO[C@H]3[C@@H]2OC[C@H]3O)cc1. The number of rotatable bonds is 4. The Labute approximate surface area is 123 Å². The molecule has 0 spiro atoms. The number of aliphatic hydroxyl groups excluding tert-OH is 1. The molecule has 1 aromatic carbocycles. The van der Waals surface area contributed by atoms with Crippen LogP contribution in [0.2, 0.25) is 0 Å². The monoisotopic (exact) mass is 293 g/mol. The summed E-state index contributed by atoms with van der Waals surface area (Å²) < 4.78 is 16.3. The van der Waals surface area contributed by atoms with Crippen molar-refractivity contribution in [1.82, 2.24) is 5.32 Å². The van der Waals surface area contributed by atoms with Crippen molar-refractivity contribution in [2.24, 2.45) is 0 Å². The predicted molar refractivity (Wildman–Crippen MR) is 74.1 cm³/mol. The summed E-state index contributed by atoms with van der Waals surface area (Å²) in [6.07, 6.45) is -1.22. The third-order valence-electron chi connectivity index (χ3n) is 3.76. The molecule has 1 amide bonds. The van der Waals surface area contributed by atoms with Crippen molar-refractivity contribution in [3.63, 3.8) is 0 Å². The Kier molecular flexibility index (Phi) is 4.10. The molecule has 0 saturated carbocycles. The molecule has 4 atom stereocenters. The predicted octanol–water partition coefficient (Wildman–Crippen LogP) is 0.0171.